The lowest BCUT2D eigenvalue weighted by atomic mass is 10.1. The van der Waals surface area contributed by atoms with Crippen LogP contribution in [0.5, 0.6) is 0 Å². The smallest absolute Gasteiger partial charge is 0.0270 e. The predicted octanol–water partition coefficient (Wildman–Crippen LogP) is -0.698. The molecule has 0 aromatic carbocycles. The molecule has 1 aliphatic heterocycles. The quantitative estimate of drug-likeness (QED) is 0.536. The van der Waals surface area contributed by atoms with Crippen LogP contribution in [-0.4, -0.2) is 32.2 Å². The molecule has 0 saturated carbocycles. The molecule has 0 aromatic rings. The Morgan fingerprint density at radius 1 is 1.50 bits per heavy atom. The fourth-order valence-electron chi connectivity index (χ4n) is 1.24. The van der Waals surface area contributed by atoms with Crippen molar-refractivity contribution >= 4 is 0 Å². The Morgan fingerprint density at radius 2 is 2.40 bits per heavy atom. The molecule has 1 fully saturated rings. The number of hydrogen-bond acceptors (Lipinski definition) is 2. The van der Waals surface area contributed by atoms with Crippen LogP contribution in [0.1, 0.15) is 12.8 Å². The van der Waals surface area contributed by atoms with Crippen molar-refractivity contribution in [3.05, 3.63) is 0 Å². The SMILES string of the molecule is NCCC1CCNCC[N]1. The highest BCUT2D eigenvalue weighted by molar-refractivity contribution is 4.71. The fraction of sp³-hybridized carbons (Fsp3) is 1.00. The number of nitrogens with zero attached hydrogens (tertiary/aromatic N) is 1. The van der Waals surface area contributed by atoms with Crippen molar-refractivity contribution in [1.82, 2.24) is 10.6 Å². The van der Waals surface area contributed by atoms with E-state index in [0.29, 0.717) is 6.04 Å². The van der Waals surface area contributed by atoms with Gasteiger partial charge in [0.25, 0.3) is 0 Å². The van der Waals surface area contributed by atoms with Crippen LogP contribution in [0, 0.1) is 0 Å². The summed E-state index contributed by atoms with van der Waals surface area (Å²) in [6.45, 7) is 3.88. The fourth-order valence-corrected chi connectivity index (χ4v) is 1.24. The molecule has 59 valence electrons. The molecule has 10 heavy (non-hydrogen) atoms. The van der Waals surface area contributed by atoms with Crippen LogP contribution in [-0.2, 0) is 0 Å². The van der Waals surface area contributed by atoms with Crippen LogP contribution < -0.4 is 16.4 Å². The normalized spacial score (nSPS) is 27.9. The summed E-state index contributed by atoms with van der Waals surface area (Å²) in [6.07, 6.45) is 2.22. The maximum absolute atomic E-state index is 5.43. The van der Waals surface area contributed by atoms with E-state index in [1.165, 1.54) is 0 Å². The Balaban J connectivity index is 2.15. The van der Waals surface area contributed by atoms with Crippen LogP contribution in [0.3, 0.4) is 0 Å². The molecule has 0 aliphatic carbocycles. The largest absolute Gasteiger partial charge is 0.330 e. The van der Waals surface area contributed by atoms with Gasteiger partial charge in [-0.25, -0.2) is 5.32 Å². The summed E-state index contributed by atoms with van der Waals surface area (Å²) in [6, 6.07) is 0.528. The average Bonchev–Trinajstić information content (AvgIpc) is 2.17. The minimum Gasteiger partial charge on any atom is -0.330 e. The third-order valence-electron chi connectivity index (χ3n) is 1.83. The van der Waals surface area contributed by atoms with E-state index < -0.39 is 0 Å². The third-order valence-corrected chi connectivity index (χ3v) is 1.83. The summed E-state index contributed by atoms with van der Waals surface area (Å²) in [4.78, 5) is 0. The number of nitrogens with one attached hydrogen (secondary N) is 1. The summed E-state index contributed by atoms with van der Waals surface area (Å²) in [5.74, 6) is 0. The molecular formula is C7H16N3. The molecule has 1 saturated heterocycles. The van der Waals surface area contributed by atoms with Gasteiger partial charge in [0.05, 0.1) is 0 Å². The van der Waals surface area contributed by atoms with Gasteiger partial charge in [0.2, 0.25) is 0 Å². The van der Waals surface area contributed by atoms with Gasteiger partial charge < -0.3 is 11.1 Å². The lowest BCUT2D eigenvalue weighted by Crippen LogP contribution is -2.25. The minimum absolute atomic E-state index is 0.528. The van der Waals surface area contributed by atoms with Gasteiger partial charge in [-0.15, -0.1) is 0 Å². The molecule has 1 unspecified atom stereocenters. The van der Waals surface area contributed by atoms with Crippen molar-refractivity contribution in [3.8, 4) is 0 Å². The minimum atomic E-state index is 0.528. The van der Waals surface area contributed by atoms with Crippen molar-refractivity contribution in [3.63, 3.8) is 0 Å². The van der Waals surface area contributed by atoms with E-state index in [1.807, 2.05) is 0 Å². The Labute approximate surface area is 62.4 Å². The molecule has 3 nitrogen and oxygen atoms in total. The first-order chi connectivity index (χ1) is 4.93. The molecule has 0 aromatic heterocycles. The van der Waals surface area contributed by atoms with E-state index in [1.54, 1.807) is 0 Å². The highest BCUT2D eigenvalue weighted by atomic mass is 15.0. The molecule has 0 spiro atoms. The summed E-state index contributed by atoms with van der Waals surface area (Å²) in [5, 5.41) is 7.77. The Bertz CT molecular complexity index is 76.9. The molecular weight excluding hydrogens is 126 g/mol. The summed E-state index contributed by atoms with van der Waals surface area (Å²) in [5.41, 5.74) is 5.43. The Hall–Kier alpha value is -0.120. The first-order valence-corrected chi connectivity index (χ1v) is 4.01. The van der Waals surface area contributed by atoms with Crippen LogP contribution >= 0.6 is 0 Å². The lowest BCUT2D eigenvalue weighted by Gasteiger charge is -2.10. The monoisotopic (exact) mass is 142 g/mol. The van der Waals surface area contributed by atoms with Gasteiger partial charge >= 0.3 is 0 Å². The third kappa shape index (κ3) is 2.64. The molecule has 1 rings (SSSR count). The van der Waals surface area contributed by atoms with E-state index >= 15 is 0 Å². The standard InChI is InChI=1S/C7H16N3/c8-3-1-7-2-4-9-5-6-10-7/h7,9H,1-6,8H2. The van der Waals surface area contributed by atoms with Gasteiger partial charge in [0.1, 0.15) is 0 Å². The molecule has 1 heterocycles. The van der Waals surface area contributed by atoms with E-state index in [2.05, 4.69) is 10.6 Å². The maximum atomic E-state index is 5.43. The second kappa shape index (κ2) is 4.66. The second-order valence-electron chi connectivity index (χ2n) is 2.68. The first kappa shape index (κ1) is 7.98. The van der Waals surface area contributed by atoms with Gasteiger partial charge in [-0.05, 0) is 25.9 Å². The van der Waals surface area contributed by atoms with Gasteiger partial charge in [-0.1, -0.05) is 0 Å². The molecule has 1 aliphatic rings. The molecule has 3 N–H and O–H groups in total. The van der Waals surface area contributed by atoms with Crippen molar-refractivity contribution in [2.75, 3.05) is 26.2 Å². The van der Waals surface area contributed by atoms with E-state index in [0.717, 1.165) is 39.0 Å². The van der Waals surface area contributed by atoms with Crippen LogP contribution in [0.15, 0.2) is 0 Å². The number of nitrogens with two attached hydrogens (primary N) is 1. The van der Waals surface area contributed by atoms with Gasteiger partial charge in [-0.2, -0.15) is 0 Å². The molecule has 0 amide bonds. The van der Waals surface area contributed by atoms with Gasteiger partial charge in [0.15, 0.2) is 0 Å². The van der Waals surface area contributed by atoms with Crippen LogP contribution in [0.25, 0.3) is 0 Å². The van der Waals surface area contributed by atoms with Crippen LogP contribution in [0.4, 0.5) is 0 Å². The lowest BCUT2D eigenvalue weighted by molar-refractivity contribution is 0.486. The zero-order valence-electron chi connectivity index (χ0n) is 6.34. The molecule has 1 radical (unpaired) electrons. The Morgan fingerprint density at radius 3 is 3.20 bits per heavy atom. The summed E-state index contributed by atoms with van der Waals surface area (Å²) >= 11 is 0. The van der Waals surface area contributed by atoms with E-state index in [9.17, 15) is 0 Å². The molecule has 0 bridgehead atoms. The highest BCUT2D eigenvalue weighted by Gasteiger charge is 2.09. The maximum Gasteiger partial charge on any atom is 0.0270 e. The van der Waals surface area contributed by atoms with Crippen molar-refractivity contribution < 1.29 is 0 Å². The zero-order valence-corrected chi connectivity index (χ0v) is 6.34. The highest BCUT2D eigenvalue weighted by Crippen LogP contribution is 1.98. The summed E-state index contributed by atoms with van der Waals surface area (Å²) < 4.78 is 0. The summed E-state index contributed by atoms with van der Waals surface area (Å²) in [7, 11) is 0. The number of rotatable bonds is 2. The predicted molar refractivity (Wildman–Crippen MR) is 41.9 cm³/mol. The van der Waals surface area contributed by atoms with Crippen molar-refractivity contribution in [2.24, 2.45) is 5.73 Å². The first-order valence-electron chi connectivity index (χ1n) is 4.01. The topological polar surface area (TPSA) is 52.1 Å². The molecule has 1 atom stereocenters. The molecule has 3 heteroatoms. The van der Waals surface area contributed by atoms with Gasteiger partial charge in [-0.3, -0.25) is 0 Å². The van der Waals surface area contributed by atoms with E-state index in [-0.39, 0.29) is 0 Å². The van der Waals surface area contributed by atoms with Crippen molar-refractivity contribution in [2.45, 2.75) is 18.9 Å². The van der Waals surface area contributed by atoms with Crippen molar-refractivity contribution in [1.29, 1.82) is 0 Å². The van der Waals surface area contributed by atoms with Crippen LogP contribution in [0.2, 0.25) is 0 Å². The average molecular weight is 142 g/mol. The second-order valence-corrected chi connectivity index (χ2v) is 2.68. The zero-order chi connectivity index (χ0) is 7.23. The van der Waals surface area contributed by atoms with Gasteiger partial charge in [0, 0.05) is 19.1 Å². The number of hydrogen-bond donors (Lipinski definition) is 2. The Kier molecular flexibility index (Phi) is 3.72. The van der Waals surface area contributed by atoms with E-state index in [4.69, 9.17) is 5.73 Å².